The van der Waals surface area contributed by atoms with Gasteiger partial charge in [-0.3, -0.25) is 4.79 Å². The molecule has 0 saturated carbocycles. The molecule has 3 aromatic rings. The lowest BCUT2D eigenvalue weighted by Crippen LogP contribution is -2.16. The van der Waals surface area contributed by atoms with Crippen LogP contribution in [0.5, 0.6) is 0 Å². The standard InChI is InChI=1S/C19H18N2O3S3/c1-4-10-21-16-9-8-15(27(3,23)24)12-17(16)26-19(21)20-18(22)13-6-5-7-14(11-13)25-2/h4-9,11-12H,1,10H2,2-3H3. The van der Waals surface area contributed by atoms with Gasteiger partial charge in [0.25, 0.3) is 5.91 Å². The highest BCUT2D eigenvalue weighted by Gasteiger charge is 2.13. The summed E-state index contributed by atoms with van der Waals surface area (Å²) in [7, 11) is -3.31. The summed E-state index contributed by atoms with van der Waals surface area (Å²) >= 11 is 2.84. The van der Waals surface area contributed by atoms with Gasteiger partial charge in [0.05, 0.1) is 15.1 Å². The number of carbonyl (C=O) groups is 1. The average molecular weight is 419 g/mol. The van der Waals surface area contributed by atoms with Crippen molar-refractivity contribution in [2.24, 2.45) is 4.99 Å². The summed E-state index contributed by atoms with van der Waals surface area (Å²) in [5, 5.41) is 0. The van der Waals surface area contributed by atoms with E-state index in [2.05, 4.69) is 11.6 Å². The molecule has 0 saturated heterocycles. The second kappa shape index (κ2) is 7.84. The normalized spacial score (nSPS) is 12.4. The summed E-state index contributed by atoms with van der Waals surface area (Å²) in [5.74, 6) is -0.335. The quantitative estimate of drug-likeness (QED) is 0.467. The van der Waals surface area contributed by atoms with Gasteiger partial charge in [-0.25, -0.2) is 8.42 Å². The maximum absolute atomic E-state index is 12.6. The molecule has 0 aliphatic carbocycles. The number of amides is 1. The number of rotatable bonds is 5. The molecule has 8 heteroatoms. The molecule has 0 radical (unpaired) electrons. The van der Waals surface area contributed by atoms with Gasteiger partial charge in [0.15, 0.2) is 14.6 Å². The van der Waals surface area contributed by atoms with Gasteiger partial charge in [-0.1, -0.05) is 23.5 Å². The molecule has 0 fully saturated rings. The van der Waals surface area contributed by atoms with Gasteiger partial charge < -0.3 is 4.57 Å². The van der Waals surface area contributed by atoms with Gasteiger partial charge in [-0.2, -0.15) is 4.99 Å². The van der Waals surface area contributed by atoms with Crippen LogP contribution in [0.1, 0.15) is 10.4 Å². The smallest absolute Gasteiger partial charge is 0.279 e. The number of allylic oxidation sites excluding steroid dienone is 1. The molecule has 1 aromatic heterocycles. The Labute approximate surface area is 166 Å². The number of thiazole rings is 1. The summed E-state index contributed by atoms with van der Waals surface area (Å²) in [6.07, 6.45) is 4.84. The van der Waals surface area contributed by atoms with Crippen LogP contribution in [0.2, 0.25) is 0 Å². The van der Waals surface area contributed by atoms with Crippen LogP contribution < -0.4 is 4.80 Å². The van der Waals surface area contributed by atoms with Gasteiger partial charge in [0, 0.05) is 23.3 Å². The molecule has 0 bridgehead atoms. The lowest BCUT2D eigenvalue weighted by molar-refractivity contribution is 0.0997. The zero-order chi connectivity index (χ0) is 19.6. The summed E-state index contributed by atoms with van der Waals surface area (Å²) in [6, 6.07) is 12.2. The molecule has 5 nitrogen and oxygen atoms in total. The highest BCUT2D eigenvalue weighted by molar-refractivity contribution is 7.98. The lowest BCUT2D eigenvalue weighted by atomic mass is 10.2. The minimum Gasteiger partial charge on any atom is -0.312 e. The zero-order valence-corrected chi connectivity index (χ0v) is 17.3. The van der Waals surface area contributed by atoms with Crippen LogP contribution in [0.25, 0.3) is 10.2 Å². The predicted octanol–water partition coefficient (Wildman–Crippen LogP) is 3.76. The Kier molecular flexibility index (Phi) is 5.69. The number of aromatic nitrogens is 1. The summed E-state index contributed by atoms with van der Waals surface area (Å²) in [6.45, 7) is 4.23. The third kappa shape index (κ3) is 4.23. The Morgan fingerprint density at radius 2 is 2.07 bits per heavy atom. The first-order valence-electron chi connectivity index (χ1n) is 8.01. The Morgan fingerprint density at radius 1 is 1.30 bits per heavy atom. The fourth-order valence-electron chi connectivity index (χ4n) is 2.58. The van der Waals surface area contributed by atoms with E-state index in [-0.39, 0.29) is 10.8 Å². The lowest BCUT2D eigenvalue weighted by Gasteiger charge is -2.02. The highest BCUT2D eigenvalue weighted by Crippen LogP contribution is 2.22. The SMILES string of the molecule is C=CCn1c(=NC(=O)c2cccc(SC)c2)sc2cc(S(C)(=O)=O)ccc21. The third-order valence-corrected chi connectivity index (χ3v) is 6.78. The molecule has 0 atom stereocenters. The largest absolute Gasteiger partial charge is 0.312 e. The molecule has 0 aliphatic rings. The second-order valence-electron chi connectivity index (χ2n) is 5.83. The van der Waals surface area contributed by atoms with Crippen molar-refractivity contribution >= 4 is 49.1 Å². The van der Waals surface area contributed by atoms with Gasteiger partial charge in [0.2, 0.25) is 0 Å². The molecule has 0 aliphatic heterocycles. The number of thioether (sulfide) groups is 1. The van der Waals surface area contributed by atoms with Crippen molar-refractivity contribution in [1.82, 2.24) is 4.57 Å². The number of carbonyl (C=O) groups excluding carboxylic acids is 1. The maximum atomic E-state index is 12.6. The molecule has 0 spiro atoms. The van der Waals surface area contributed by atoms with Crippen molar-refractivity contribution in [3.8, 4) is 0 Å². The molecule has 0 N–H and O–H groups in total. The summed E-state index contributed by atoms with van der Waals surface area (Å²) in [4.78, 5) is 18.7. The number of nitrogens with zero attached hydrogens (tertiary/aromatic N) is 2. The molecule has 0 unspecified atom stereocenters. The monoisotopic (exact) mass is 418 g/mol. The predicted molar refractivity (Wildman–Crippen MR) is 111 cm³/mol. The van der Waals surface area contributed by atoms with Gasteiger partial charge in [0.1, 0.15) is 0 Å². The van der Waals surface area contributed by atoms with Crippen LogP contribution in [0, 0.1) is 0 Å². The molecule has 140 valence electrons. The van der Waals surface area contributed by atoms with Crippen molar-refractivity contribution in [2.75, 3.05) is 12.5 Å². The van der Waals surface area contributed by atoms with Crippen molar-refractivity contribution < 1.29 is 13.2 Å². The number of hydrogen-bond donors (Lipinski definition) is 0. The van der Waals surface area contributed by atoms with Crippen LogP contribution in [-0.4, -0.2) is 31.4 Å². The van der Waals surface area contributed by atoms with E-state index in [0.717, 1.165) is 15.1 Å². The fraction of sp³-hybridized carbons (Fsp3) is 0.158. The Morgan fingerprint density at radius 3 is 2.74 bits per heavy atom. The van der Waals surface area contributed by atoms with Crippen LogP contribution in [0.4, 0.5) is 0 Å². The first kappa shape index (κ1) is 19.6. The zero-order valence-electron chi connectivity index (χ0n) is 14.9. The van der Waals surface area contributed by atoms with Crippen molar-refractivity contribution in [3.05, 3.63) is 65.5 Å². The van der Waals surface area contributed by atoms with E-state index < -0.39 is 9.84 Å². The van der Waals surface area contributed by atoms with E-state index in [1.54, 1.807) is 42.1 Å². The van der Waals surface area contributed by atoms with Crippen LogP contribution in [0.15, 0.2) is 69.9 Å². The first-order valence-corrected chi connectivity index (χ1v) is 11.9. The Bertz CT molecular complexity index is 1200. The van der Waals surface area contributed by atoms with Crippen LogP contribution >= 0.6 is 23.1 Å². The van der Waals surface area contributed by atoms with Gasteiger partial charge in [-0.15, -0.1) is 18.3 Å². The number of fused-ring (bicyclic) bond motifs is 1. The Balaban J connectivity index is 2.16. The summed E-state index contributed by atoms with van der Waals surface area (Å²) < 4.78 is 26.2. The van der Waals surface area contributed by atoms with Gasteiger partial charge >= 0.3 is 0 Å². The molecule has 3 rings (SSSR count). The van der Waals surface area contributed by atoms with E-state index in [0.29, 0.717) is 16.9 Å². The highest BCUT2D eigenvalue weighted by atomic mass is 32.2. The fourth-order valence-corrected chi connectivity index (χ4v) is 4.84. The van der Waals surface area contributed by atoms with E-state index in [1.807, 2.05) is 29.0 Å². The molecule has 1 heterocycles. The third-order valence-electron chi connectivity index (χ3n) is 3.91. The van der Waals surface area contributed by atoms with Crippen LogP contribution in [-0.2, 0) is 16.4 Å². The average Bonchev–Trinajstić information content (AvgIpc) is 2.98. The topological polar surface area (TPSA) is 68.5 Å². The molecule has 2 aromatic carbocycles. The van der Waals surface area contributed by atoms with Crippen molar-refractivity contribution in [2.45, 2.75) is 16.3 Å². The maximum Gasteiger partial charge on any atom is 0.279 e. The molecule has 1 amide bonds. The second-order valence-corrected chi connectivity index (χ2v) is 9.74. The van der Waals surface area contributed by atoms with E-state index in [9.17, 15) is 13.2 Å². The van der Waals surface area contributed by atoms with Gasteiger partial charge in [-0.05, 0) is 42.7 Å². The summed E-state index contributed by atoms with van der Waals surface area (Å²) in [5.41, 5.74) is 1.33. The number of benzene rings is 2. The van der Waals surface area contributed by atoms with E-state index in [1.165, 1.54) is 17.6 Å². The molecular weight excluding hydrogens is 400 g/mol. The van der Waals surface area contributed by atoms with E-state index in [4.69, 9.17) is 0 Å². The first-order chi connectivity index (χ1) is 12.8. The number of hydrogen-bond acceptors (Lipinski definition) is 5. The van der Waals surface area contributed by atoms with Crippen molar-refractivity contribution in [1.29, 1.82) is 0 Å². The minimum atomic E-state index is -3.31. The van der Waals surface area contributed by atoms with Crippen LogP contribution in [0.3, 0.4) is 0 Å². The van der Waals surface area contributed by atoms with Crippen molar-refractivity contribution in [3.63, 3.8) is 0 Å². The Hall–Kier alpha value is -2.16. The molecule has 27 heavy (non-hydrogen) atoms. The van der Waals surface area contributed by atoms with E-state index >= 15 is 0 Å². The minimum absolute atomic E-state index is 0.243. The number of sulfone groups is 1. The molecular formula is C19H18N2O3S3.